The van der Waals surface area contributed by atoms with Crippen molar-refractivity contribution in [2.75, 3.05) is 13.1 Å². The van der Waals surface area contributed by atoms with Crippen LogP contribution in [0.2, 0.25) is 0 Å². The number of likely N-dealkylation sites (N-methyl/N-ethyl adjacent to an activating group) is 1. The zero-order valence-corrected chi connectivity index (χ0v) is 11.6. The van der Waals surface area contributed by atoms with E-state index in [0.717, 1.165) is 25.3 Å². The number of aromatic nitrogens is 3. The van der Waals surface area contributed by atoms with Crippen LogP contribution in [0.5, 0.6) is 0 Å². The van der Waals surface area contributed by atoms with E-state index in [1.165, 1.54) is 44.0 Å². The first kappa shape index (κ1) is 12.2. The fraction of sp³-hybridized carbons (Fsp3) is 0.857. The molecule has 0 aliphatic carbocycles. The zero-order valence-electron chi connectivity index (χ0n) is 11.6. The summed E-state index contributed by atoms with van der Waals surface area (Å²) in [7, 11) is 0. The van der Waals surface area contributed by atoms with Crippen LogP contribution in [-0.2, 0) is 19.4 Å². The number of hydrogen-bond donors (Lipinski definition) is 0. The summed E-state index contributed by atoms with van der Waals surface area (Å²) in [5.41, 5.74) is 0. The Morgan fingerprint density at radius 3 is 3.00 bits per heavy atom. The summed E-state index contributed by atoms with van der Waals surface area (Å²) < 4.78 is 2.39. The van der Waals surface area contributed by atoms with Crippen LogP contribution in [0.25, 0.3) is 0 Å². The van der Waals surface area contributed by atoms with E-state index < -0.39 is 0 Å². The second-order valence-electron chi connectivity index (χ2n) is 5.92. The average Bonchev–Trinajstić information content (AvgIpc) is 2.97. The molecule has 1 saturated heterocycles. The molecule has 0 saturated carbocycles. The highest BCUT2D eigenvalue weighted by Gasteiger charge is 2.27. The Morgan fingerprint density at radius 1 is 1.28 bits per heavy atom. The monoisotopic (exact) mass is 248 g/mol. The highest BCUT2D eigenvalue weighted by atomic mass is 15.3. The van der Waals surface area contributed by atoms with Gasteiger partial charge < -0.3 is 9.47 Å². The van der Waals surface area contributed by atoms with E-state index in [4.69, 9.17) is 0 Å². The third-order valence-corrected chi connectivity index (χ3v) is 4.58. The van der Waals surface area contributed by atoms with Crippen molar-refractivity contribution < 1.29 is 0 Å². The van der Waals surface area contributed by atoms with E-state index in [2.05, 4.69) is 33.5 Å². The van der Waals surface area contributed by atoms with Gasteiger partial charge in [-0.1, -0.05) is 13.8 Å². The van der Waals surface area contributed by atoms with Crippen LogP contribution in [0.4, 0.5) is 0 Å². The van der Waals surface area contributed by atoms with Gasteiger partial charge in [-0.15, -0.1) is 10.2 Å². The summed E-state index contributed by atoms with van der Waals surface area (Å²) in [5, 5.41) is 8.83. The summed E-state index contributed by atoms with van der Waals surface area (Å²) >= 11 is 0. The number of rotatable bonds is 3. The first-order valence-electron chi connectivity index (χ1n) is 7.43. The van der Waals surface area contributed by atoms with Gasteiger partial charge in [0.15, 0.2) is 0 Å². The van der Waals surface area contributed by atoms with Crippen LogP contribution >= 0.6 is 0 Å². The van der Waals surface area contributed by atoms with E-state index in [0.29, 0.717) is 6.04 Å². The van der Waals surface area contributed by atoms with Gasteiger partial charge in [-0.25, -0.2) is 0 Å². The van der Waals surface area contributed by atoms with Crippen LogP contribution in [-0.4, -0.2) is 38.8 Å². The molecule has 1 fully saturated rings. The molecule has 0 aromatic carbocycles. The summed E-state index contributed by atoms with van der Waals surface area (Å²) in [6.07, 6.45) is 6.13. The average molecular weight is 248 g/mol. The maximum Gasteiger partial charge on any atom is 0.134 e. The molecule has 4 nitrogen and oxygen atoms in total. The largest absolute Gasteiger partial charge is 0.315 e. The Kier molecular flexibility index (Phi) is 3.37. The number of likely N-dealkylation sites (tertiary alicyclic amines) is 1. The number of nitrogens with zero attached hydrogens (tertiary/aromatic N) is 4. The van der Waals surface area contributed by atoms with Crippen molar-refractivity contribution in [1.82, 2.24) is 19.7 Å². The lowest BCUT2D eigenvalue weighted by atomic mass is 10.0. The molecule has 1 aromatic heterocycles. The molecule has 0 spiro atoms. The molecule has 2 aliphatic heterocycles. The summed E-state index contributed by atoms with van der Waals surface area (Å²) in [5.74, 6) is 3.21. The fourth-order valence-corrected chi connectivity index (χ4v) is 3.45. The molecule has 2 atom stereocenters. The first-order chi connectivity index (χ1) is 8.78. The maximum atomic E-state index is 4.45. The molecule has 0 amide bonds. The smallest absolute Gasteiger partial charge is 0.134 e. The van der Waals surface area contributed by atoms with Crippen molar-refractivity contribution in [2.24, 2.45) is 5.92 Å². The lowest BCUT2D eigenvalue weighted by Gasteiger charge is -2.24. The quantitative estimate of drug-likeness (QED) is 0.819. The second kappa shape index (κ2) is 5.00. The molecule has 1 aromatic rings. The lowest BCUT2D eigenvalue weighted by molar-refractivity contribution is 0.259. The maximum absolute atomic E-state index is 4.45. The fourth-order valence-electron chi connectivity index (χ4n) is 3.45. The molecule has 18 heavy (non-hydrogen) atoms. The first-order valence-corrected chi connectivity index (χ1v) is 7.43. The van der Waals surface area contributed by atoms with Crippen LogP contribution in [0.3, 0.4) is 0 Å². The van der Waals surface area contributed by atoms with Gasteiger partial charge in [-0.3, -0.25) is 0 Å². The van der Waals surface area contributed by atoms with Gasteiger partial charge in [0.1, 0.15) is 11.6 Å². The van der Waals surface area contributed by atoms with Gasteiger partial charge in [0, 0.05) is 25.4 Å². The molecule has 4 heteroatoms. The van der Waals surface area contributed by atoms with E-state index >= 15 is 0 Å². The molecule has 2 unspecified atom stereocenters. The Labute approximate surface area is 109 Å². The van der Waals surface area contributed by atoms with Gasteiger partial charge in [0.2, 0.25) is 0 Å². The van der Waals surface area contributed by atoms with Crippen molar-refractivity contribution in [2.45, 2.75) is 58.5 Å². The Hall–Kier alpha value is -0.900. The van der Waals surface area contributed by atoms with E-state index in [1.807, 2.05) is 0 Å². The molecule has 3 heterocycles. The highest BCUT2D eigenvalue weighted by Crippen LogP contribution is 2.23. The summed E-state index contributed by atoms with van der Waals surface area (Å²) in [6, 6.07) is 0.695. The lowest BCUT2D eigenvalue weighted by Crippen LogP contribution is -2.32. The number of aryl methyl sites for hydroxylation is 1. The van der Waals surface area contributed by atoms with Crippen molar-refractivity contribution in [3.8, 4) is 0 Å². The Bertz CT molecular complexity index is 412. The molecule has 0 N–H and O–H groups in total. The minimum absolute atomic E-state index is 0.695. The molecule has 0 radical (unpaired) electrons. The van der Waals surface area contributed by atoms with Crippen molar-refractivity contribution >= 4 is 0 Å². The van der Waals surface area contributed by atoms with Crippen molar-refractivity contribution in [1.29, 1.82) is 0 Å². The predicted octanol–water partition coefficient (Wildman–Crippen LogP) is 1.89. The van der Waals surface area contributed by atoms with Gasteiger partial charge in [-0.05, 0) is 38.3 Å². The topological polar surface area (TPSA) is 34.0 Å². The van der Waals surface area contributed by atoms with E-state index in [1.54, 1.807) is 0 Å². The minimum Gasteiger partial charge on any atom is -0.315 e. The second-order valence-corrected chi connectivity index (χ2v) is 5.92. The Morgan fingerprint density at radius 2 is 2.17 bits per heavy atom. The van der Waals surface area contributed by atoms with Crippen LogP contribution in [0.1, 0.15) is 44.8 Å². The van der Waals surface area contributed by atoms with Gasteiger partial charge in [0.05, 0.1) is 0 Å². The van der Waals surface area contributed by atoms with Crippen LogP contribution < -0.4 is 0 Å². The summed E-state index contributed by atoms with van der Waals surface area (Å²) in [4.78, 5) is 2.59. The van der Waals surface area contributed by atoms with Crippen molar-refractivity contribution in [3.05, 3.63) is 11.6 Å². The molecule has 2 aliphatic rings. The standard InChI is InChI=1S/C14H24N4/c1-3-17-8-4-5-12(17)9-14-16-15-13-7-6-11(2)10-18(13)14/h11-12H,3-10H2,1-2H3. The predicted molar refractivity (Wildman–Crippen MR) is 71.5 cm³/mol. The van der Waals surface area contributed by atoms with Crippen molar-refractivity contribution in [3.63, 3.8) is 0 Å². The molecule has 0 bridgehead atoms. The van der Waals surface area contributed by atoms with Gasteiger partial charge >= 0.3 is 0 Å². The third kappa shape index (κ3) is 2.18. The molecule has 3 rings (SSSR count). The molecule has 100 valence electrons. The number of fused-ring (bicyclic) bond motifs is 1. The minimum atomic E-state index is 0.695. The Balaban J connectivity index is 1.75. The summed E-state index contributed by atoms with van der Waals surface area (Å²) in [6.45, 7) is 8.15. The normalized spacial score (nSPS) is 28.6. The SMILES string of the molecule is CCN1CCCC1Cc1nnc2n1CC(C)CC2. The van der Waals surface area contributed by atoms with E-state index in [9.17, 15) is 0 Å². The third-order valence-electron chi connectivity index (χ3n) is 4.58. The number of hydrogen-bond acceptors (Lipinski definition) is 3. The van der Waals surface area contributed by atoms with Gasteiger partial charge in [0.25, 0.3) is 0 Å². The van der Waals surface area contributed by atoms with E-state index in [-0.39, 0.29) is 0 Å². The van der Waals surface area contributed by atoms with Crippen LogP contribution in [0.15, 0.2) is 0 Å². The molecular weight excluding hydrogens is 224 g/mol. The van der Waals surface area contributed by atoms with Crippen LogP contribution in [0, 0.1) is 5.92 Å². The van der Waals surface area contributed by atoms with Gasteiger partial charge in [-0.2, -0.15) is 0 Å². The highest BCUT2D eigenvalue weighted by molar-refractivity contribution is 5.02. The molecular formula is C14H24N4. The zero-order chi connectivity index (χ0) is 12.5.